The highest BCUT2D eigenvalue weighted by atomic mass is 35.5. The fraction of sp³-hybridized carbons (Fsp3) is 0.263. The second-order valence-corrected chi connectivity index (χ2v) is 6.37. The highest BCUT2D eigenvalue weighted by Gasteiger charge is 2.25. The van der Waals surface area contributed by atoms with Crippen molar-refractivity contribution in [2.45, 2.75) is 18.9 Å². The number of likely N-dealkylation sites (tertiary alicyclic amines) is 1. The van der Waals surface area contributed by atoms with E-state index in [9.17, 15) is 14.7 Å². The van der Waals surface area contributed by atoms with E-state index in [2.05, 4.69) is 0 Å². The van der Waals surface area contributed by atoms with Gasteiger partial charge in [-0.05, 0) is 35.7 Å². The molecule has 124 valence electrons. The van der Waals surface area contributed by atoms with E-state index in [0.717, 1.165) is 30.5 Å². The summed E-state index contributed by atoms with van der Waals surface area (Å²) < 4.78 is 0. The van der Waals surface area contributed by atoms with Crippen LogP contribution in [0.15, 0.2) is 42.5 Å². The maximum Gasteiger partial charge on any atom is 0.209 e. The van der Waals surface area contributed by atoms with E-state index in [1.165, 1.54) is 0 Å². The maximum atomic E-state index is 12.6. The van der Waals surface area contributed by atoms with Gasteiger partial charge in [-0.1, -0.05) is 35.9 Å². The summed E-state index contributed by atoms with van der Waals surface area (Å²) in [5.41, 5.74) is 2.67. The predicted octanol–water partition coefficient (Wildman–Crippen LogP) is 3.01. The van der Waals surface area contributed by atoms with Crippen LogP contribution in [0.5, 0.6) is 0 Å². The van der Waals surface area contributed by atoms with Crippen LogP contribution in [0.3, 0.4) is 0 Å². The Labute approximate surface area is 145 Å². The molecule has 0 radical (unpaired) electrons. The van der Waals surface area contributed by atoms with Crippen LogP contribution >= 0.6 is 11.6 Å². The zero-order valence-corrected chi connectivity index (χ0v) is 13.9. The SMILES string of the molecule is O=CN1CCC(c2ccc(C(=O)c3ccccc3Cl)cc2CO)C1. The number of hydrogen-bond acceptors (Lipinski definition) is 3. The average Bonchev–Trinajstić information content (AvgIpc) is 3.10. The van der Waals surface area contributed by atoms with Crippen molar-refractivity contribution in [3.63, 3.8) is 0 Å². The normalized spacial score (nSPS) is 17.1. The molecule has 1 fully saturated rings. The number of amides is 1. The van der Waals surface area contributed by atoms with Gasteiger partial charge >= 0.3 is 0 Å². The van der Waals surface area contributed by atoms with Crippen LogP contribution in [0.4, 0.5) is 0 Å². The molecule has 0 saturated carbocycles. The summed E-state index contributed by atoms with van der Waals surface area (Å²) in [7, 11) is 0. The van der Waals surface area contributed by atoms with Crippen LogP contribution in [0.1, 0.15) is 39.4 Å². The van der Waals surface area contributed by atoms with Gasteiger partial charge in [0.05, 0.1) is 11.6 Å². The number of nitrogens with zero attached hydrogens (tertiary/aromatic N) is 1. The topological polar surface area (TPSA) is 57.6 Å². The number of aliphatic hydroxyl groups excluding tert-OH is 1. The van der Waals surface area contributed by atoms with E-state index < -0.39 is 0 Å². The first-order valence-electron chi connectivity index (χ1n) is 7.86. The summed E-state index contributed by atoms with van der Waals surface area (Å²) in [5.74, 6) is 0.0320. The van der Waals surface area contributed by atoms with Gasteiger partial charge in [0.15, 0.2) is 5.78 Å². The molecular formula is C19H18ClNO3. The minimum Gasteiger partial charge on any atom is -0.392 e. The number of rotatable bonds is 5. The number of ketones is 1. The molecule has 3 rings (SSSR count). The average molecular weight is 344 g/mol. The van der Waals surface area contributed by atoms with Gasteiger partial charge in [-0.2, -0.15) is 0 Å². The fourth-order valence-electron chi connectivity index (χ4n) is 3.22. The smallest absolute Gasteiger partial charge is 0.209 e. The Kier molecular flexibility index (Phi) is 4.97. The highest BCUT2D eigenvalue weighted by Crippen LogP contribution is 2.30. The molecule has 0 aliphatic carbocycles. The summed E-state index contributed by atoms with van der Waals surface area (Å²) in [6.45, 7) is 1.23. The zero-order chi connectivity index (χ0) is 17.1. The Morgan fingerprint density at radius 1 is 1.29 bits per heavy atom. The molecule has 4 nitrogen and oxygen atoms in total. The predicted molar refractivity (Wildman–Crippen MR) is 92.2 cm³/mol. The highest BCUT2D eigenvalue weighted by molar-refractivity contribution is 6.35. The lowest BCUT2D eigenvalue weighted by Gasteiger charge is -2.16. The van der Waals surface area contributed by atoms with E-state index in [-0.39, 0.29) is 18.3 Å². The third-order valence-corrected chi connectivity index (χ3v) is 4.83. The lowest BCUT2D eigenvalue weighted by atomic mass is 9.90. The van der Waals surface area contributed by atoms with Crippen LogP contribution in [0.25, 0.3) is 0 Å². The third kappa shape index (κ3) is 3.21. The summed E-state index contributed by atoms with van der Waals surface area (Å²) in [5, 5.41) is 10.1. The van der Waals surface area contributed by atoms with Gasteiger partial charge in [-0.15, -0.1) is 0 Å². The Bertz CT molecular complexity index is 775. The number of halogens is 1. The van der Waals surface area contributed by atoms with E-state index in [1.807, 2.05) is 6.07 Å². The van der Waals surface area contributed by atoms with Gasteiger partial charge in [0.25, 0.3) is 0 Å². The first kappa shape index (κ1) is 16.7. The molecule has 1 aliphatic rings. The Morgan fingerprint density at radius 2 is 2.08 bits per heavy atom. The van der Waals surface area contributed by atoms with Gasteiger partial charge in [0.1, 0.15) is 0 Å². The molecule has 1 saturated heterocycles. The summed E-state index contributed by atoms with van der Waals surface area (Å²) in [6, 6.07) is 12.3. The molecule has 0 aromatic heterocycles. The number of hydrogen-bond donors (Lipinski definition) is 1. The molecular weight excluding hydrogens is 326 g/mol. The van der Waals surface area contributed by atoms with Gasteiger partial charge in [-0.3, -0.25) is 9.59 Å². The minimum absolute atomic E-state index is 0.142. The maximum absolute atomic E-state index is 12.6. The van der Waals surface area contributed by atoms with Crippen LogP contribution in [0.2, 0.25) is 5.02 Å². The van der Waals surface area contributed by atoms with Crippen molar-refractivity contribution in [3.8, 4) is 0 Å². The largest absolute Gasteiger partial charge is 0.392 e. The molecule has 1 atom stereocenters. The first-order chi connectivity index (χ1) is 11.6. The van der Waals surface area contributed by atoms with Gasteiger partial charge in [0.2, 0.25) is 6.41 Å². The quantitative estimate of drug-likeness (QED) is 0.670. The second kappa shape index (κ2) is 7.16. The first-order valence-corrected chi connectivity index (χ1v) is 8.24. The zero-order valence-electron chi connectivity index (χ0n) is 13.1. The van der Waals surface area contributed by atoms with E-state index in [1.54, 1.807) is 41.3 Å². The van der Waals surface area contributed by atoms with Gasteiger partial charge in [0, 0.05) is 30.1 Å². The molecule has 0 spiro atoms. The van der Waals surface area contributed by atoms with Crippen molar-refractivity contribution in [1.29, 1.82) is 0 Å². The van der Waals surface area contributed by atoms with Crippen molar-refractivity contribution < 1.29 is 14.7 Å². The molecule has 2 aromatic carbocycles. The van der Waals surface area contributed by atoms with Crippen LogP contribution in [-0.4, -0.2) is 35.3 Å². The van der Waals surface area contributed by atoms with Crippen molar-refractivity contribution in [3.05, 3.63) is 69.7 Å². The number of aliphatic hydroxyl groups is 1. The van der Waals surface area contributed by atoms with Crippen molar-refractivity contribution >= 4 is 23.8 Å². The Morgan fingerprint density at radius 3 is 2.75 bits per heavy atom. The number of carbonyl (C=O) groups excluding carboxylic acids is 2. The summed E-state index contributed by atoms with van der Waals surface area (Å²) in [6.07, 6.45) is 1.72. The molecule has 5 heteroatoms. The minimum atomic E-state index is -0.164. The van der Waals surface area contributed by atoms with E-state index in [0.29, 0.717) is 22.7 Å². The van der Waals surface area contributed by atoms with Gasteiger partial charge in [-0.25, -0.2) is 0 Å². The fourth-order valence-corrected chi connectivity index (χ4v) is 3.44. The van der Waals surface area contributed by atoms with Crippen LogP contribution in [-0.2, 0) is 11.4 Å². The van der Waals surface area contributed by atoms with Gasteiger partial charge < -0.3 is 10.0 Å². The van der Waals surface area contributed by atoms with E-state index >= 15 is 0 Å². The molecule has 1 unspecified atom stereocenters. The molecule has 2 aromatic rings. The van der Waals surface area contributed by atoms with E-state index in [4.69, 9.17) is 11.6 Å². The molecule has 1 N–H and O–H groups in total. The molecule has 1 amide bonds. The molecule has 1 aliphatic heterocycles. The van der Waals surface area contributed by atoms with Crippen LogP contribution in [0, 0.1) is 0 Å². The lowest BCUT2D eigenvalue weighted by molar-refractivity contribution is -0.117. The van der Waals surface area contributed by atoms with Crippen molar-refractivity contribution in [1.82, 2.24) is 4.90 Å². The number of benzene rings is 2. The van der Waals surface area contributed by atoms with Crippen molar-refractivity contribution in [2.75, 3.05) is 13.1 Å². The summed E-state index contributed by atoms with van der Waals surface area (Å²) >= 11 is 6.10. The Hall–Kier alpha value is -2.17. The van der Waals surface area contributed by atoms with Crippen molar-refractivity contribution in [2.24, 2.45) is 0 Å². The Balaban J connectivity index is 1.91. The van der Waals surface area contributed by atoms with Crippen LogP contribution < -0.4 is 0 Å². The molecule has 0 bridgehead atoms. The summed E-state index contributed by atoms with van der Waals surface area (Å²) in [4.78, 5) is 25.3. The standard InChI is InChI=1S/C19H18ClNO3/c20-18-4-2-1-3-17(18)19(24)13-5-6-16(15(9-13)11-22)14-7-8-21(10-14)12-23/h1-6,9,12,14,22H,7-8,10-11H2. The number of carbonyl (C=O) groups is 2. The molecule has 24 heavy (non-hydrogen) atoms. The second-order valence-electron chi connectivity index (χ2n) is 5.97. The lowest BCUT2D eigenvalue weighted by Crippen LogP contribution is -2.18. The monoisotopic (exact) mass is 343 g/mol. The third-order valence-electron chi connectivity index (χ3n) is 4.50. The molecule has 1 heterocycles.